The lowest BCUT2D eigenvalue weighted by Crippen LogP contribution is -2.39. The zero-order chi connectivity index (χ0) is 15.4. The van der Waals surface area contributed by atoms with E-state index in [9.17, 15) is 14.4 Å². The predicted molar refractivity (Wildman–Crippen MR) is 76.8 cm³/mol. The minimum Gasteiger partial charge on any atom is -0.451 e. The van der Waals surface area contributed by atoms with E-state index in [-0.39, 0.29) is 5.91 Å². The molecule has 1 heterocycles. The summed E-state index contributed by atoms with van der Waals surface area (Å²) in [6.07, 6.45) is -0.303. The van der Waals surface area contributed by atoms with Crippen molar-refractivity contribution in [2.45, 2.75) is 31.9 Å². The number of carbonyl (C=O) groups is 3. The number of halogens is 1. The summed E-state index contributed by atoms with van der Waals surface area (Å²) < 4.78 is 5.05. The first kappa shape index (κ1) is 15.3. The quantitative estimate of drug-likeness (QED) is 0.825. The zero-order valence-electron chi connectivity index (χ0n) is 11.4. The van der Waals surface area contributed by atoms with E-state index in [1.54, 1.807) is 24.3 Å². The van der Waals surface area contributed by atoms with Crippen LogP contribution in [0.4, 0.5) is 5.69 Å². The Morgan fingerprint density at radius 2 is 2.14 bits per heavy atom. The van der Waals surface area contributed by atoms with E-state index in [0.717, 1.165) is 0 Å². The molecular weight excluding hydrogens is 296 g/mol. The van der Waals surface area contributed by atoms with Crippen LogP contribution in [-0.4, -0.2) is 29.9 Å². The number of anilines is 1. The summed E-state index contributed by atoms with van der Waals surface area (Å²) in [6.45, 7) is 1.46. The van der Waals surface area contributed by atoms with Crippen molar-refractivity contribution in [1.29, 1.82) is 0 Å². The average Bonchev–Trinajstić information content (AvgIpc) is 2.88. The van der Waals surface area contributed by atoms with Crippen molar-refractivity contribution in [2.75, 3.05) is 5.32 Å². The van der Waals surface area contributed by atoms with E-state index in [1.807, 2.05) is 0 Å². The fourth-order valence-corrected chi connectivity index (χ4v) is 2.08. The van der Waals surface area contributed by atoms with E-state index in [1.165, 1.54) is 6.92 Å². The van der Waals surface area contributed by atoms with Crippen LogP contribution >= 0.6 is 11.6 Å². The Kier molecular flexibility index (Phi) is 4.80. The number of rotatable bonds is 4. The molecule has 0 saturated carbocycles. The minimum atomic E-state index is -0.980. The lowest BCUT2D eigenvalue weighted by Gasteiger charge is -2.16. The van der Waals surface area contributed by atoms with Gasteiger partial charge in [-0.1, -0.05) is 23.7 Å². The molecule has 0 bridgehead atoms. The van der Waals surface area contributed by atoms with Gasteiger partial charge in [-0.3, -0.25) is 9.59 Å². The number of nitrogens with one attached hydrogen (secondary N) is 2. The van der Waals surface area contributed by atoms with Crippen molar-refractivity contribution in [3.8, 4) is 0 Å². The molecule has 0 aromatic heterocycles. The van der Waals surface area contributed by atoms with E-state index in [4.69, 9.17) is 16.3 Å². The van der Waals surface area contributed by atoms with Crippen LogP contribution in [0.5, 0.6) is 0 Å². The molecule has 6 nitrogen and oxygen atoms in total. The summed E-state index contributed by atoms with van der Waals surface area (Å²) in [5, 5.41) is 5.47. The standard InChI is InChI=1S/C14H15ClN2O4/c1-8(21-14(20)11-6-7-12(18)16-11)13(19)17-10-5-3-2-4-9(10)15/h2-5,8,11H,6-7H2,1H3,(H,16,18)(H,17,19)/t8-,11+/m0/s1. The molecule has 1 aromatic rings. The molecule has 0 aliphatic carbocycles. The maximum Gasteiger partial charge on any atom is 0.329 e. The molecule has 2 rings (SSSR count). The first-order valence-electron chi connectivity index (χ1n) is 6.52. The highest BCUT2D eigenvalue weighted by molar-refractivity contribution is 6.33. The average molecular weight is 311 g/mol. The van der Waals surface area contributed by atoms with Crippen LogP contribution in [0.2, 0.25) is 5.02 Å². The molecule has 21 heavy (non-hydrogen) atoms. The van der Waals surface area contributed by atoms with Gasteiger partial charge in [0.25, 0.3) is 5.91 Å². The molecule has 0 radical (unpaired) electrons. The summed E-state index contributed by atoms with van der Waals surface area (Å²) in [4.78, 5) is 34.8. The van der Waals surface area contributed by atoms with Crippen LogP contribution in [0.15, 0.2) is 24.3 Å². The Morgan fingerprint density at radius 3 is 2.76 bits per heavy atom. The van der Waals surface area contributed by atoms with E-state index >= 15 is 0 Å². The molecule has 0 spiro atoms. The van der Waals surface area contributed by atoms with Crippen LogP contribution in [0.1, 0.15) is 19.8 Å². The third-order valence-electron chi connectivity index (χ3n) is 3.07. The normalized spacial score (nSPS) is 18.8. The maximum absolute atomic E-state index is 11.9. The fourth-order valence-electron chi connectivity index (χ4n) is 1.90. The zero-order valence-corrected chi connectivity index (χ0v) is 12.1. The molecule has 1 aliphatic rings. The molecule has 7 heteroatoms. The van der Waals surface area contributed by atoms with Crippen molar-refractivity contribution in [3.63, 3.8) is 0 Å². The number of amides is 2. The van der Waals surface area contributed by atoms with E-state index in [2.05, 4.69) is 10.6 Å². The van der Waals surface area contributed by atoms with Crippen molar-refractivity contribution in [3.05, 3.63) is 29.3 Å². The maximum atomic E-state index is 11.9. The second-order valence-corrected chi connectivity index (χ2v) is 5.11. The monoisotopic (exact) mass is 310 g/mol. The number of esters is 1. The fraction of sp³-hybridized carbons (Fsp3) is 0.357. The van der Waals surface area contributed by atoms with Gasteiger partial charge < -0.3 is 15.4 Å². The van der Waals surface area contributed by atoms with Crippen LogP contribution in [-0.2, 0) is 19.1 Å². The molecular formula is C14H15ClN2O4. The number of benzene rings is 1. The summed E-state index contributed by atoms with van der Waals surface area (Å²) >= 11 is 5.93. The molecule has 1 saturated heterocycles. The Labute approximate surface area is 126 Å². The van der Waals surface area contributed by atoms with Gasteiger partial charge in [-0.25, -0.2) is 4.79 Å². The van der Waals surface area contributed by atoms with Gasteiger partial charge in [-0.05, 0) is 25.5 Å². The van der Waals surface area contributed by atoms with Crippen LogP contribution in [0.25, 0.3) is 0 Å². The lowest BCUT2D eigenvalue weighted by atomic mass is 10.2. The number of hydrogen-bond donors (Lipinski definition) is 2. The molecule has 1 aromatic carbocycles. The van der Waals surface area contributed by atoms with Gasteiger partial charge >= 0.3 is 5.97 Å². The Balaban J connectivity index is 1.89. The second-order valence-electron chi connectivity index (χ2n) is 4.71. The SMILES string of the molecule is C[C@H](OC(=O)[C@H]1CCC(=O)N1)C(=O)Nc1ccccc1Cl. The molecule has 2 atom stereocenters. The molecule has 2 amide bonds. The summed E-state index contributed by atoms with van der Waals surface area (Å²) in [5.41, 5.74) is 0.446. The Hall–Kier alpha value is -2.08. The summed E-state index contributed by atoms with van der Waals surface area (Å²) in [6, 6.07) is 6.08. The first-order valence-corrected chi connectivity index (χ1v) is 6.90. The van der Waals surface area contributed by atoms with E-state index in [0.29, 0.717) is 23.6 Å². The second kappa shape index (κ2) is 6.58. The lowest BCUT2D eigenvalue weighted by molar-refractivity contribution is -0.155. The van der Waals surface area contributed by atoms with Crippen molar-refractivity contribution < 1.29 is 19.1 Å². The number of carbonyl (C=O) groups excluding carboxylic acids is 3. The third kappa shape index (κ3) is 3.95. The van der Waals surface area contributed by atoms with Crippen molar-refractivity contribution in [1.82, 2.24) is 5.32 Å². The van der Waals surface area contributed by atoms with Gasteiger partial charge in [0.05, 0.1) is 10.7 Å². The first-order chi connectivity index (χ1) is 9.97. The highest BCUT2D eigenvalue weighted by Crippen LogP contribution is 2.20. The molecule has 0 unspecified atom stereocenters. The molecule has 1 fully saturated rings. The highest BCUT2D eigenvalue weighted by atomic mass is 35.5. The molecule has 1 aliphatic heterocycles. The highest BCUT2D eigenvalue weighted by Gasteiger charge is 2.30. The van der Waals surface area contributed by atoms with Gasteiger partial charge in [0.15, 0.2) is 6.10 Å². The van der Waals surface area contributed by atoms with Gasteiger partial charge in [-0.15, -0.1) is 0 Å². The predicted octanol–water partition coefficient (Wildman–Crippen LogP) is 1.49. The van der Waals surface area contributed by atoms with Gasteiger partial charge in [0.2, 0.25) is 5.91 Å². The van der Waals surface area contributed by atoms with Gasteiger partial charge in [0.1, 0.15) is 6.04 Å². The molecule has 2 N–H and O–H groups in total. The largest absolute Gasteiger partial charge is 0.451 e. The van der Waals surface area contributed by atoms with E-state index < -0.39 is 24.0 Å². The Bertz CT molecular complexity index is 576. The summed E-state index contributed by atoms with van der Waals surface area (Å²) in [7, 11) is 0. The topological polar surface area (TPSA) is 84.5 Å². The van der Waals surface area contributed by atoms with Crippen molar-refractivity contribution >= 4 is 35.1 Å². The van der Waals surface area contributed by atoms with Crippen molar-refractivity contribution in [2.24, 2.45) is 0 Å². The number of ether oxygens (including phenoxy) is 1. The van der Waals surface area contributed by atoms with Crippen LogP contribution < -0.4 is 10.6 Å². The third-order valence-corrected chi connectivity index (χ3v) is 3.40. The van der Waals surface area contributed by atoms with Gasteiger partial charge in [0, 0.05) is 6.42 Å². The van der Waals surface area contributed by atoms with Crippen LogP contribution in [0.3, 0.4) is 0 Å². The van der Waals surface area contributed by atoms with Crippen LogP contribution in [0, 0.1) is 0 Å². The summed E-state index contributed by atoms with van der Waals surface area (Å²) in [5.74, 6) is -1.28. The number of para-hydroxylation sites is 1. The number of hydrogen-bond acceptors (Lipinski definition) is 4. The minimum absolute atomic E-state index is 0.190. The Morgan fingerprint density at radius 1 is 1.43 bits per heavy atom. The smallest absolute Gasteiger partial charge is 0.329 e. The molecule has 112 valence electrons. The van der Waals surface area contributed by atoms with Gasteiger partial charge in [-0.2, -0.15) is 0 Å².